The van der Waals surface area contributed by atoms with Gasteiger partial charge in [0.25, 0.3) is 0 Å². The number of hydrogen-bond acceptors (Lipinski definition) is 4. The molecule has 5 nitrogen and oxygen atoms in total. The molecular weight excluding hydrogens is 390 g/mol. The monoisotopic (exact) mass is 409 g/mol. The third-order valence-electron chi connectivity index (χ3n) is 4.32. The number of carbonyl (C=O) groups is 2. The quantitative estimate of drug-likeness (QED) is 0.573. The fourth-order valence-electron chi connectivity index (χ4n) is 2.92. The molecule has 0 saturated heterocycles. The standard InChI is InChI=1S/C23H20ClNO4/c1-28-22(26)19-9-5-6-10-21(19)29-23(27)25-14-13-17-11-12-18(24)15-20(17)16-7-3-2-4-8-16/h2-12,15H,13-14H2,1H3,(H,25,27). The Hall–Kier alpha value is -3.31. The van der Waals surface area contributed by atoms with Gasteiger partial charge in [-0.2, -0.15) is 0 Å². The molecule has 3 rings (SSSR count). The molecular formula is C23H20ClNO4. The molecule has 0 aromatic heterocycles. The third kappa shape index (κ3) is 5.36. The lowest BCUT2D eigenvalue weighted by molar-refractivity contribution is 0.0598. The molecule has 148 valence electrons. The van der Waals surface area contributed by atoms with E-state index in [1.165, 1.54) is 13.2 Å². The summed E-state index contributed by atoms with van der Waals surface area (Å²) < 4.78 is 9.97. The molecule has 0 spiro atoms. The summed E-state index contributed by atoms with van der Waals surface area (Å²) in [6, 6.07) is 22.0. The smallest absolute Gasteiger partial charge is 0.412 e. The van der Waals surface area contributed by atoms with Gasteiger partial charge in [0.2, 0.25) is 0 Å². The van der Waals surface area contributed by atoms with Gasteiger partial charge in [-0.25, -0.2) is 9.59 Å². The Balaban J connectivity index is 1.64. The van der Waals surface area contributed by atoms with Crippen LogP contribution in [0.3, 0.4) is 0 Å². The Morgan fingerprint density at radius 1 is 0.966 bits per heavy atom. The van der Waals surface area contributed by atoms with Gasteiger partial charge in [0.05, 0.1) is 7.11 Å². The summed E-state index contributed by atoms with van der Waals surface area (Å²) in [5.41, 5.74) is 3.31. The molecule has 0 saturated carbocycles. The first-order valence-corrected chi connectivity index (χ1v) is 9.43. The van der Waals surface area contributed by atoms with Crippen molar-refractivity contribution in [1.29, 1.82) is 0 Å². The number of benzene rings is 3. The first-order valence-electron chi connectivity index (χ1n) is 9.05. The maximum Gasteiger partial charge on any atom is 0.412 e. The van der Waals surface area contributed by atoms with Gasteiger partial charge in [-0.3, -0.25) is 0 Å². The number of rotatable bonds is 6. The molecule has 0 aliphatic rings. The SMILES string of the molecule is COC(=O)c1ccccc1OC(=O)NCCc1ccc(Cl)cc1-c1ccccc1. The normalized spacial score (nSPS) is 10.3. The number of hydrogen-bond donors (Lipinski definition) is 1. The highest BCUT2D eigenvalue weighted by molar-refractivity contribution is 6.30. The molecule has 0 radical (unpaired) electrons. The first kappa shape index (κ1) is 20.4. The van der Waals surface area contributed by atoms with Crippen LogP contribution in [-0.2, 0) is 11.2 Å². The van der Waals surface area contributed by atoms with Crippen molar-refractivity contribution >= 4 is 23.7 Å². The van der Waals surface area contributed by atoms with Gasteiger partial charge in [-0.05, 0) is 47.4 Å². The van der Waals surface area contributed by atoms with Crippen LogP contribution in [0.25, 0.3) is 11.1 Å². The first-order chi connectivity index (χ1) is 14.1. The number of ether oxygens (including phenoxy) is 2. The summed E-state index contributed by atoms with van der Waals surface area (Å²) in [4.78, 5) is 23.9. The van der Waals surface area contributed by atoms with E-state index in [1.807, 2.05) is 48.5 Å². The van der Waals surface area contributed by atoms with Crippen LogP contribution in [0, 0.1) is 0 Å². The van der Waals surface area contributed by atoms with Crippen LogP contribution in [0.15, 0.2) is 72.8 Å². The Morgan fingerprint density at radius 3 is 2.45 bits per heavy atom. The van der Waals surface area contributed by atoms with Crippen molar-refractivity contribution < 1.29 is 19.1 Å². The van der Waals surface area contributed by atoms with Gasteiger partial charge in [-0.15, -0.1) is 0 Å². The van der Waals surface area contributed by atoms with Crippen molar-refractivity contribution in [3.8, 4) is 16.9 Å². The molecule has 3 aromatic rings. The van der Waals surface area contributed by atoms with Crippen molar-refractivity contribution in [3.63, 3.8) is 0 Å². The minimum absolute atomic E-state index is 0.147. The molecule has 0 aliphatic heterocycles. The summed E-state index contributed by atoms with van der Waals surface area (Å²) >= 11 is 6.17. The van der Waals surface area contributed by atoms with Crippen molar-refractivity contribution in [2.75, 3.05) is 13.7 Å². The van der Waals surface area contributed by atoms with Crippen molar-refractivity contribution in [2.24, 2.45) is 0 Å². The van der Waals surface area contributed by atoms with Crippen molar-refractivity contribution in [3.05, 3.63) is 88.9 Å². The minimum atomic E-state index is -0.642. The summed E-state index contributed by atoms with van der Waals surface area (Å²) in [6.07, 6.45) is -0.0497. The van der Waals surface area contributed by atoms with E-state index in [-0.39, 0.29) is 11.3 Å². The second-order valence-corrected chi connectivity index (χ2v) is 6.66. The number of amides is 1. The maximum atomic E-state index is 12.2. The molecule has 29 heavy (non-hydrogen) atoms. The van der Waals surface area contributed by atoms with Gasteiger partial charge in [0.15, 0.2) is 0 Å². The predicted molar refractivity (Wildman–Crippen MR) is 112 cm³/mol. The molecule has 1 amide bonds. The topological polar surface area (TPSA) is 64.6 Å². The summed E-state index contributed by atoms with van der Waals surface area (Å²) in [6.45, 7) is 0.362. The van der Waals surface area contributed by atoms with Crippen LogP contribution in [0.1, 0.15) is 15.9 Å². The average Bonchev–Trinajstić information content (AvgIpc) is 2.75. The van der Waals surface area contributed by atoms with Gasteiger partial charge < -0.3 is 14.8 Å². The van der Waals surface area contributed by atoms with E-state index in [9.17, 15) is 9.59 Å². The summed E-state index contributed by atoms with van der Waals surface area (Å²) in [5.74, 6) is -0.421. The zero-order chi connectivity index (χ0) is 20.6. The van der Waals surface area contributed by atoms with E-state index >= 15 is 0 Å². The zero-order valence-electron chi connectivity index (χ0n) is 15.9. The molecule has 0 heterocycles. The van der Waals surface area contributed by atoms with Gasteiger partial charge in [0.1, 0.15) is 11.3 Å². The highest BCUT2D eigenvalue weighted by Gasteiger charge is 2.15. The van der Waals surface area contributed by atoms with Crippen LogP contribution in [0.5, 0.6) is 5.75 Å². The van der Waals surface area contributed by atoms with Crippen molar-refractivity contribution in [2.45, 2.75) is 6.42 Å². The molecule has 0 aliphatic carbocycles. The summed E-state index contributed by atoms with van der Waals surface area (Å²) in [5, 5.41) is 3.36. The van der Waals surface area contributed by atoms with E-state index in [1.54, 1.807) is 18.2 Å². The Bertz CT molecular complexity index is 1000. The van der Waals surface area contributed by atoms with Gasteiger partial charge in [-0.1, -0.05) is 60.1 Å². The van der Waals surface area contributed by atoms with Crippen LogP contribution in [0.2, 0.25) is 5.02 Å². The third-order valence-corrected chi connectivity index (χ3v) is 4.55. The van der Waals surface area contributed by atoms with E-state index in [0.717, 1.165) is 16.7 Å². The van der Waals surface area contributed by atoms with E-state index in [4.69, 9.17) is 21.1 Å². The lowest BCUT2D eigenvalue weighted by Gasteiger charge is -2.12. The highest BCUT2D eigenvalue weighted by Crippen LogP contribution is 2.27. The second-order valence-electron chi connectivity index (χ2n) is 6.22. The van der Waals surface area contributed by atoms with Crippen LogP contribution in [-0.4, -0.2) is 25.7 Å². The number of esters is 1. The molecule has 6 heteroatoms. The Labute approximate surface area is 174 Å². The van der Waals surface area contributed by atoms with Crippen LogP contribution >= 0.6 is 11.6 Å². The van der Waals surface area contributed by atoms with E-state index in [2.05, 4.69) is 5.32 Å². The Kier molecular flexibility index (Phi) is 6.87. The number of nitrogens with one attached hydrogen (secondary N) is 1. The number of methoxy groups -OCH3 is 1. The second kappa shape index (κ2) is 9.75. The van der Waals surface area contributed by atoms with E-state index in [0.29, 0.717) is 18.0 Å². The number of halogens is 1. The van der Waals surface area contributed by atoms with Crippen LogP contribution in [0.4, 0.5) is 4.79 Å². The van der Waals surface area contributed by atoms with Crippen molar-refractivity contribution in [1.82, 2.24) is 5.32 Å². The summed E-state index contributed by atoms with van der Waals surface area (Å²) in [7, 11) is 1.27. The van der Waals surface area contributed by atoms with Gasteiger partial charge in [0, 0.05) is 11.6 Å². The molecule has 0 unspecified atom stereocenters. The predicted octanol–water partition coefficient (Wildman–Crippen LogP) is 5.12. The number of carbonyl (C=O) groups excluding carboxylic acids is 2. The molecule has 3 aromatic carbocycles. The molecule has 0 bridgehead atoms. The fourth-order valence-corrected chi connectivity index (χ4v) is 3.09. The van der Waals surface area contributed by atoms with E-state index < -0.39 is 12.1 Å². The highest BCUT2D eigenvalue weighted by atomic mass is 35.5. The lowest BCUT2D eigenvalue weighted by atomic mass is 9.98. The lowest BCUT2D eigenvalue weighted by Crippen LogP contribution is -2.29. The molecule has 0 fully saturated rings. The average molecular weight is 410 g/mol. The minimum Gasteiger partial charge on any atom is -0.465 e. The maximum absolute atomic E-state index is 12.2. The van der Waals surface area contributed by atoms with Gasteiger partial charge >= 0.3 is 12.1 Å². The zero-order valence-corrected chi connectivity index (χ0v) is 16.6. The van der Waals surface area contributed by atoms with Crippen LogP contribution < -0.4 is 10.1 Å². The fraction of sp³-hybridized carbons (Fsp3) is 0.130. The Morgan fingerprint density at radius 2 is 1.69 bits per heavy atom. The number of para-hydroxylation sites is 1. The largest absolute Gasteiger partial charge is 0.465 e. The molecule has 0 atom stereocenters. The molecule has 1 N–H and O–H groups in total.